The van der Waals surface area contributed by atoms with Gasteiger partial charge < -0.3 is 24.2 Å². The summed E-state index contributed by atoms with van der Waals surface area (Å²) in [5.74, 6) is -0.732. The number of para-hydroxylation sites is 1. The molecule has 15 heteroatoms. The van der Waals surface area contributed by atoms with Gasteiger partial charge in [0, 0.05) is 30.1 Å². The number of aliphatic hydroxyl groups excluding tert-OH is 1. The molecule has 1 heterocycles. The van der Waals surface area contributed by atoms with Gasteiger partial charge in [0.15, 0.2) is 6.10 Å². The summed E-state index contributed by atoms with van der Waals surface area (Å²) in [5, 5.41) is 9.95. The molecule has 0 aliphatic rings. The molecule has 1 atom stereocenters. The topological polar surface area (TPSA) is 64.1 Å². The number of hydrogen-bond acceptors (Lipinski definition) is 6. The lowest BCUT2D eigenvalue weighted by molar-refractivity contribution is -0.253. The van der Waals surface area contributed by atoms with Gasteiger partial charge in [-0.15, -0.1) is 0 Å². The molecule has 0 bridgehead atoms. The molecule has 1 unspecified atom stereocenters. The average Bonchev–Trinajstić information content (AvgIpc) is 2.96. The van der Waals surface area contributed by atoms with Crippen molar-refractivity contribution in [3.05, 3.63) is 96.7 Å². The van der Waals surface area contributed by atoms with Gasteiger partial charge in [-0.3, -0.25) is 0 Å². The number of ether oxygens (including phenoxy) is 3. The van der Waals surface area contributed by atoms with Crippen LogP contribution in [0.1, 0.15) is 5.56 Å². The zero-order valence-corrected chi connectivity index (χ0v) is 22.8. The number of alkyl halides is 9. The fourth-order valence-electron chi connectivity index (χ4n) is 4.16. The maximum absolute atomic E-state index is 13.5. The van der Waals surface area contributed by atoms with Gasteiger partial charge in [0.2, 0.25) is 5.88 Å². The van der Waals surface area contributed by atoms with E-state index in [1.54, 1.807) is 24.3 Å². The van der Waals surface area contributed by atoms with Crippen LogP contribution in [0.3, 0.4) is 0 Å². The summed E-state index contributed by atoms with van der Waals surface area (Å²) in [5.41, 5.74) is 1.09. The minimum Gasteiger partial charge on any atom is -0.457 e. The van der Waals surface area contributed by atoms with E-state index in [0.717, 1.165) is 23.1 Å². The molecule has 0 spiro atoms. The molecule has 0 fully saturated rings. The number of rotatable bonds is 13. The summed E-state index contributed by atoms with van der Waals surface area (Å²) in [4.78, 5) is 4.80. The number of hydrogen-bond donors (Lipinski definition) is 1. The van der Waals surface area contributed by atoms with Crippen LogP contribution in [0, 0.1) is 0 Å². The first-order valence-corrected chi connectivity index (χ1v) is 12.9. The molecule has 1 N–H and O–H groups in total. The van der Waals surface area contributed by atoms with Gasteiger partial charge in [-0.1, -0.05) is 42.5 Å². The molecule has 45 heavy (non-hydrogen) atoms. The third-order valence-corrected chi connectivity index (χ3v) is 6.09. The zero-order valence-electron chi connectivity index (χ0n) is 22.8. The fraction of sp³-hybridized carbons (Fsp3) is 0.233. The quantitative estimate of drug-likeness (QED) is 0.148. The molecule has 0 amide bonds. The number of pyridine rings is 1. The Bertz CT molecular complexity index is 1570. The largest absolute Gasteiger partial charge is 0.461 e. The van der Waals surface area contributed by atoms with Crippen LogP contribution in [-0.2, 0) is 6.54 Å². The molecular formula is C30H23F9N2O4. The summed E-state index contributed by atoms with van der Waals surface area (Å²) in [7, 11) is 0. The maximum atomic E-state index is 13.5. The Kier molecular flexibility index (Phi) is 10.3. The number of aromatic nitrogens is 1. The molecule has 4 rings (SSSR count). The Hall–Kier alpha value is -4.66. The van der Waals surface area contributed by atoms with Gasteiger partial charge >= 0.3 is 25.3 Å². The second-order valence-electron chi connectivity index (χ2n) is 9.41. The van der Waals surface area contributed by atoms with E-state index >= 15 is 0 Å². The van der Waals surface area contributed by atoms with Crippen molar-refractivity contribution < 1.29 is 58.8 Å². The number of halogens is 9. The van der Waals surface area contributed by atoms with E-state index in [1.807, 2.05) is 0 Å². The first-order chi connectivity index (χ1) is 21.2. The van der Waals surface area contributed by atoms with Crippen molar-refractivity contribution in [1.82, 2.24) is 4.98 Å². The minimum atomic E-state index is -5.01. The van der Waals surface area contributed by atoms with Gasteiger partial charge in [0.05, 0.1) is 6.54 Å². The normalized spacial score (nSPS) is 12.7. The van der Waals surface area contributed by atoms with Crippen LogP contribution in [-0.4, -0.2) is 48.1 Å². The lowest BCUT2D eigenvalue weighted by atomic mass is 10.0. The zero-order chi connectivity index (χ0) is 32.8. The van der Waals surface area contributed by atoms with E-state index in [1.165, 1.54) is 48.7 Å². The van der Waals surface area contributed by atoms with Crippen molar-refractivity contribution in [2.75, 3.05) is 11.4 Å². The molecule has 3 aromatic carbocycles. The van der Waals surface area contributed by atoms with Crippen molar-refractivity contribution in [3.63, 3.8) is 0 Å². The number of nitrogens with zero attached hydrogens (tertiary/aromatic N) is 2. The predicted molar refractivity (Wildman–Crippen MR) is 144 cm³/mol. The predicted octanol–water partition coefficient (Wildman–Crippen LogP) is 8.31. The highest BCUT2D eigenvalue weighted by atomic mass is 19.4. The van der Waals surface area contributed by atoms with Crippen LogP contribution in [0.15, 0.2) is 91.1 Å². The summed E-state index contributed by atoms with van der Waals surface area (Å²) < 4.78 is 132. The fourth-order valence-corrected chi connectivity index (χ4v) is 4.16. The van der Waals surface area contributed by atoms with Crippen LogP contribution in [0.25, 0.3) is 11.1 Å². The van der Waals surface area contributed by atoms with Gasteiger partial charge in [-0.05, 0) is 47.5 Å². The molecule has 0 aliphatic carbocycles. The van der Waals surface area contributed by atoms with Crippen LogP contribution in [0.4, 0.5) is 45.2 Å². The van der Waals surface area contributed by atoms with E-state index in [-0.39, 0.29) is 29.3 Å². The minimum absolute atomic E-state index is 0.0977. The molecule has 1 aromatic heterocycles. The summed E-state index contributed by atoms with van der Waals surface area (Å²) >= 11 is 0. The highest BCUT2D eigenvalue weighted by Gasteiger charge is 2.44. The maximum Gasteiger partial charge on any atom is 0.461 e. The van der Waals surface area contributed by atoms with Crippen LogP contribution in [0.2, 0.25) is 0 Å². The van der Waals surface area contributed by atoms with Crippen LogP contribution in [0.5, 0.6) is 23.1 Å². The smallest absolute Gasteiger partial charge is 0.457 e. The number of anilines is 1. The van der Waals surface area contributed by atoms with Gasteiger partial charge in [0.25, 0.3) is 0 Å². The first-order valence-electron chi connectivity index (χ1n) is 12.9. The Morgan fingerprint density at radius 2 is 1.47 bits per heavy atom. The highest BCUT2D eigenvalue weighted by Crippen LogP contribution is 2.36. The van der Waals surface area contributed by atoms with Gasteiger partial charge in [0.1, 0.15) is 17.2 Å². The standard InChI is InChI=1S/C30H23F9N2O4/c31-27(32)30(38,39)45-22-8-3-5-18(13-22)16-41(17-25(42)29(35,36)37)24-10-2-1-9-23(24)19-6-4-7-20(14-19)43-21-11-12-40-26(15-21)44-28(33)34/h1-15,25,27-28,42H,16-17H2. The van der Waals surface area contributed by atoms with Gasteiger partial charge in [-0.25, -0.2) is 4.98 Å². The van der Waals surface area contributed by atoms with Crippen LogP contribution >= 0.6 is 0 Å². The highest BCUT2D eigenvalue weighted by molar-refractivity contribution is 5.79. The van der Waals surface area contributed by atoms with Crippen LogP contribution < -0.4 is 19.1 Å². The molecule has 0 aliphatic heterocycles. The molecule has 6 nitrogen and oxygen atoms in total. The Morgan fingerprint density at radius 3 is 2.18 bits per heavy atom. The van der Waals surface area contributed by atoms with Crippen molar-refractivity contribution in [1.29, 1.82) is 0 Å². The van der Waals surface area contributed by atoms with E-state index in [0.29, 0.717) is 11.1 Å². The van der Waals surface area contributed by atoms with Gasteiger partial charge in [-0.2, -0.15) is 39.5 Å². The Balaban J connectivity index is 1.67. The Labute approximate surface area is 250 Å². The lowest BCUT2D eigenvalue weighted by Crippen LogP contribution is -2.41. The van der Waals surface area contributed by atoms with Crippen molar-refractivity contribution in [2.45, 2.75) is 38.0 Å². The first kappa shape index (κ1) is 33.2. The van der Waals surface area contributed by atoms with E-state index in [4.69, 9.17) is 4.74 Å². The lowest BCUT2D eigenvalue weighted by Gasteiger charge is -2.30. The molecule has 240 valence electrons. The molecular weight excluding hydrogens is 623 g/mol. The number of aliphatic hydroxyl groups is 1. The summed E-state index contributed by atoms with van der Waals surface area (Å²) in [6.45, 7) is -4.49. The molecule has 0 saturated carbocycles. The summed E-state index contributed by atoms with van der Waals surface area (Å²) in [6.07, 6.45) is -15.6. The second-order valence-corrected chi connectivity index (χ2v) is 9.41. The summed E-state index contributed by atoms with van der Waals surface area (Å²) in [6, 6.07) is 19.4. The number of benzene rings is 3. The molecule has 0 radical (unpaired) electrons. The second kappa shape index (κ2) is 14.0. The Morgan fingerprint density at radius 1 is 0.778 bits per heavy atom. The van der Waals surface area contributed by atoms with Crippen molar-refractivity contribution in [3.8, 4) is 34.3 Å². The SMILES string of the molecule is OC(CN(Cc1cccc(OC(F)(F)C(F)F)c1)c1ccccc1-c1cccc(Oc2ccnc(OC(F)F)c2)c1)C(F)(F)F. The molecule has 0 saturated heterocycles. The average molecular weight is 647 g/mol. The third kappa shape index (κ3) is 9.17. The van der Waals surface area contributed by atoms with E-state index in [9.17, 15) is 44.6 Å². The molecule has 4 aromatic rings. The third-order valence-electron chi connectivity index (χ3n) is 6.09. The monoisotopic (exact) mass is 646 g/mol. The van der Waals surface area contributed by atoms with E-state index in [2.05, 4.69) is 14.5 Å². The van der Waals surface area contributed by atoms with Crippen molar-refractivity contribution in [2.24, 2.45) is 0 Å². The van der Waals surface area contributed by atoms with E-state index < -0.39 is 49.6 Å². The van der Waals surface area contributed by atoms with Crippen molar-refractivity contribution >= 4 is 5.69 Å².